The topological polar surface area (TPSA) is 46.5 Å². The Hall–Kier alpha value is -1.86. The summed E-state index contributed by atoms with van der Waals surface area (Å²) in [5, 5.41) is 8.36. The summed E-state index contributed by atoms with van der Waals surface area (Å²) >= 11 is 0. The van der Waals surface area contributed by atoms with Crippen LogP contribution in [0.15, 0.2) is 24.3 Å². The van der Waals surface area contributed by atoms with Crippen molar-refractivity contribution in [3.63, 3.8) is 0 Å². The van der Waals surface area contributed by atoms with Crippen molar-refractivity contribution in [2.45, 2.75) is 31.5 Å². The molecule has 1 N–H and O–H groups in total. The van der Waals surface area contributed by atoms with Crippen LogP contribution >= 0.6 is 0 Å². The SMILES string of the molecule is O=C(O)CCCC(F)(F)c1ccc(OC(F)(F)F)cc1. The minimum Gasteiger partial charge on any atom is -0.481 e. The Kier molecular flexibility index (Phi) is 4.91. The van der Waals surface area contributed by atoms with E-state index < -0.39 is 42.4 Å². The van der Waals surface area contributed by atoms with Crippen LogP contribution in [-0.2, 0) is 10.7 Å². The molecule has 1 aromatic rings. The van der Waals surface area contributed by atoms with E-state index in [9.17, 15) is 26.7 Å². The second kappa shape index (κ2) is 6.06. The van der Waals surface area contributed by atoms with Gasteiger partial charge in [-0.3, -0.25) is 4.79 Å². The first kappa shape index (κ1) is 16.2. The second-order valence-corrected chi connectivity index (χ2v) is 4.02. The highest BCUT2D eigenvalue weighted by molar-refractivity contribution is 5.66. The van der Waals surface area contributed by atoms with Crippen LogP contribution in [0.2, 0.25) is 0 Å². The molecule has 0 amide bonds. The van der Waals surface area contributed by atoms with Crippen LogP contribution in [0.1, 0.15) is 24.8 Å². The van der Waals surface area contributed by atoms with Crippen LogP contribution in [0.25, 0.3) is 0 Å². The molecule has 0 aliphatic heterocycles. The summed E-state index contributed by atoms with van der Waals surface area (Å²) in [5.74, 6) is -5.08. The van der Waals surface area contributed by atoms with Crippen molar-refractivity contribution >= 4 is 5.97 Å². The van der Waals surface area contributed by atoms with Gasteiger partial charge in [-0.25, -0.2) is 8.78 Å². The lowest BCUT2D eigenvalue weighted by Gasteiger charge is -2.17. The number of hydrogen-bond donors (Lipinski definition) is 1. The maximum absolute atomic E-state index is 13.6. The molecule has 0 aliphatic rings. The van der Waals surface area contributed by atoms with E-state index in [-0.39, 0.29) is 6.42 Å². The molecule has 3 nitrogen and oxygen atoms in total. The summed E-state index contributed by atoms with van der Waals surface area (Å²) in [6.07, 6.45) is -6.21. The van der Waals surface area contributed by atoms with Crippen molar-refractivity contribution in [2.75, 3.05) is 0 Å². The molecular formula is C12H11F5O3. The first-order chi connectivity index (χ1) is 9.10. The molecule has 8 heteroatoms. The van der Waals surface area contributed by atoms with Gasteiger partial charge in [0.1, 0.15) is 5.75 Å². The number of aliphatic carboxylic acids is 1. The molecule has 0 aliphatic carbocycles. The van der Waals surface area contributed by atoms with Gasteiger partial charge < -0.3 is 9.84 Å². The van der Waals surface area contributed by atoms with Crippen molar-refractivity contribution < 1.29 is 36.6 Å². The van der Waals surface area contributed by atoms with Crippen LogP contribution in [0.4, 0.5) is 22.0 Å². The summed E-state index contributed by atoms with van der Waals surface area (Å²) < 4.78 is 66.5. The van der Waals surface area contributed by atoms with E-state index in [1.54, 1.807) is 0 Å². The average molecular weight is 298 g/mol. The number of carbonyl (C=O) groups is 1. The largest absolute Gasteiger partial charge is 0.573 e. The summed E-state index contributed by atoms with van der Waals surface area (Å²) in [7, 11) is 0. The zero-order chi connectivity index (χ0) is 15.4. The average Bonchev–Trinajstić information content (AvgIpc) is 2.26. The smallest absolute Gasteiger partial charge is 0.481 e. The van der Waals surface area contributed by atoms with E-state index >= 15 is 0 Å². The molecule has 0 bridgehead atoms. The van der Waals surface area contributed by atoms with Gasteiger partial charge in [0.2, 0.25) is 0 Å². The molecule has 0 saturated heterocycles. The molecule has 0 saturated carbocycles. The van der Waals surface area contributed by atoms with Crippen LogP contribution in [-0.4, -0.2) is 17.4 Å². The number of halogens is 5. The summed E-state index contributed by atoms with van der Waals surface area (Å²) in [6.45, 7) is 0. The third-order valence-corrected chi connectivity index (χ3v) is 2.39. The Morgan fingerprint density at radius 3 is 2.10 bits per heavy atom. The van der Waals surface area contributed by atoms with Gasteiger partial charge in [-0.15, -0.1) is 13.2 Å². The maximum atomic E-state index is 13.6. The zero-order valence-corrected chi connectivity index (χ0v) is 10.1. The van der Waals surface area contributed by atoms with Gasteiger partial charge in [0.15, 0.2) is 0 Å². The summed E-state index contributed by atoms with van der Waals surface area (Å²) in [4.78, 5) is 10.2. The molecule has 0 radical (unpaired) electrons. The molecule has 20 heavy (non-hydrogen) atoms. The molecule has 0 unspecified atom stereocenters. The monoisotopic (exact) mass is 298 g/mol. The van der Waals surface area contributed by atoms with E-state index in [4.69, 9.17) is 5.11 Å². The normalized spacial score (nSPS) is 12.2. The lowest BCUT2D eigenvalue weighted by Crippen LogP contribution is -2.17. The van der Waals surface area contributed by atoms with Crippen LogP contribution in [0, 0.1) is 0 Å². The number of rotatable bonds is 6. The summed E-state index contributed by atoms with van der Waals surface area (Å²) in [6, 6.07) is 3.21. The van der Waals surface area contributed by atoms with Gasteiger partial charge in [0, 0.05) is 18.4 Å². The van der Waals surface area contributed by atoms with Gasteiger partial charge in [0.05, 0.1) is 0 Å². The van der Waals surface area contributed by atoms with Gasteiger partial charge in [-0.05, 0) is 30.7 Å². The van der Waals surface area contributed by atoms with E-state index in [0.29, 0.717) is 0 Å². The Morgan fingerprint density at radius 2 is 1.65 bits per heavy atom. The van der Waals surface area contributed by atoms with Crippen molar-refractivity contribution in [3.8, 4) is 5.75 Å². The van der Waals surface area contributed by atoms with E-state index in [1.165, 1.54) is 0 Å². The Morgan fingerprint density at radius 1 is 1.10 bits per heavy atom. The minimum atomic E-state index is -4.88. The Bertz CT molecular complexity index is 453. The van der Waals surface area contributed by atoms with E-state index in [2.05, 4.69) is 4.74 Å². The fraction of sp³-hybridized carbons (Fsp3) is 0.417. The molecule has 0 atom stereocenters. The van der Waals surface area contributed by atoms with Gasteiger partial charge >= 0.3 is 12.3 Å². The predicted molar refractivity (Wildman–Crippen MR) is 58.5 cm³/mol. The third-order valence-electron chi connectivity index (χ3n) is 2.39. The predicted octanol–water partition coefficient (Wildman–Crippen LogP) is 3.93. The highest BCUT2D eigenvalue weighted by Gasteiger charge is 2.33. The van der Waals surface area contributed by atoms with E-state index in [0.717, 1.165) is 24.3 Å². The van der Waals surface area contributed by atoms with E-state index in [1.807, 2.05) is 0 Å². The number of carboxylic acid groups (broad SMARTS) is 1. The molecule has 0 fully saturated rings. The number of ether oxygens (including phenoxy) is 1. The highest BCUT2D eigenvalue weighted by atomic mass is 19.4. The molecule has 112 valence electrons. The molecule has 1 rings (SSSR count). The zero-order valence-electron chi connectivity index (χ0n) is 10.1. The maximum Gasteiger partial charge on any atom is 0.573 e. The first-order valence-corrected chi connectivity index (χ1v) is 5.56. The lowest BCUT2D eigenvalue weighted by atomic mass is 10.0. The number of carboxylic acids is 1. The fourth-order valence-corrected chi connectivity index (χ4v) is 1.51. The van der Waals surface area contributed by atoms with Crippen LogP contribution in [0.3, 0.4) is 0 Å². The lowest BCUT2D eigenvalue weighted by molar-refractivity contribution is -0.274. The van der Waals surface area contributed by atoms with Crippen molar-refractivity contribution in [2.24, 2.45) is 0 Å². The quantitative estimate of drug-likeness (QED) is 0.809. The van der Waals surface area contributed by atoms with Crippen LogP contribution in [0.5, 0.6) is 5.75 Å². The second-order valence-electron chi connectivity index (χ2n) is 4.02. The van der Waals surface area contributed by atoms with Crippen molar-refractivity contribution in [1.82, 2.24) is 0 Å². The van der Waals surface area contributed by atoms with Crippen molar-refractivity contribution in [1.29, 1.82) is 0 Å². The molecule has 0 aromatic heterocycles. The number of alkyl halides is 5. The highest BCUT2D eigenvalue weighted by Crippen LogP contribution is 2.34. The fourth-order valence-electron chi connectivity index (χ4n) is 1.51. The molecule has 0 spiro atoms. The van der Waals surface area contributed by atoms with Gasteiger partial charge in [-0.2, -0.15) is 0 Å². The minimum absolute atomic E-state index is 0.233. The van der Waals surface area contributed by atoms with Gasteiger partial charge in [-0.1, -0.05) is 0 Å². The Labute approximate surface area is 111 Å². The molecule has 1 aromatic carbocycles. The van der Waals surface area contributed by atoms with Crippen LogP contribution < -0.4 is 4.74 Å². The van der Waals surface area contributed by atoms with Crippen molar-refractivity contribution in [3.05, 3.63) is 29.8 Å². The Balaban J connectivity index is 2.68. The third kappa shape index (κ3) is 5.41. The number of hydrogen-bond acceptors (Lipinski definition) is 2. The summed E-state index contributed by atoms with van der Waals surface area (Å²) in [5.41, 5.74) is -0.489. The standard InChI is InChI=1S/C12H11F5O3/c13-11(14,7-1-2-10(18)19)8-3-5-9(6-4-8)20-12(15,16)17/h3-6H,1-2,7H2,(H,18,19). The first-order valence-electron chi connectivity index (χ1n) is 5.56. The van der Waals surface area contributed by atoms with Gasteiger partial charge in [0.25, 0.3) is 5.92 Å². The molecular weight excluding hydrogens is 287 g/mol. The number of benzene rings is 1. The molecule has 0 heterocycles.